The van der Waals surface area contributed by atoms with Crippen LogP contribution in [0.1, 0.15) is 61.3 Å². The Bertz CT molecular complexity index is 1360. The van der Waals surface area contributed by atoms with E-state index >= 15 is 0 Å². The van der Waals surface area contributed by atoms with Crippen LogP contribution in [0.5, 0.6) is 5.75 Å². The lowest BCUT2D eigenvalue weighted by atomic mass is 10.2. The van der Waals surface area contributed by atoms with Gasteiger partial charge < -0.3 is 15.4 Å². The highest BCUT2D eigenvalue weighted by atomic mass is 16.5. The normalized spacial score (nSPS) is 12.0. The van der Waals surface area contributed by atoms with E-state index in [1.807, 2.05) is 71.2 Å². The summed E-state index contributed by atoms with van der Waals surface area (Å²) in [6.07, 6.45) is 14.7. The highest BCUT2D eigenvalue weighted by Gasteiger charge is 2.13. The molecule has 43 heavy (non-hydrogen) atoms. The number of nitrogens with one attached hydrogen (secondary N) is 2. The summed E-state index contributed by atoms with van der Waals surface area (Å²) in [7, 11) is 1.88. The van der Waals surface area contributed by atoms with Crippen LogP contribution >= 0.6 is 0 Å². The lowest BCUT2D eigenvalue weighted by Crippen LogP contribution is -2.25. The van der Waals surface area contributed by atoms with Gasteiger partial charge >= 0.3 is 0 Å². The van der Waals surface area contributed by atoms with Crippen molar-refractivity contribution in [2.45, 2.75) is 61.3 Å². The number of aromatic nitrogens is 4. The Labute approximate surface area is 259 Å². The molecule has 1 aliphatic rings. The number of ether oxygens (including phenoxy) is 1. The minimum atomic E-state index is 0.517. The molecule has 0 amide bonds. The predicted molar refractivity (Wildman–Crippen MR) is 185 cm³/mol. The second kappa shape index (κ2) is 20.5. The van der Waals surface area contributed by atoms with E-state index in [-0.39, 0.29) is 0 Å². The van der Waals surface area contributed by atoms with Gasteiger partial charge in [0.2, 0.25) is 5.95 Å². The van der Waals surface area contributed by atoms with Crippen LogP contribution in [0.2, 0.25) is 0 Å². The number of aryl methyl sites for hydroxylation is 1. The Morgan fingerprint density at radius 2 is 1.65 bits per heavy atom. The van der Waals surface area contributed by atoms with Crippen LogP contribution in [0.25, 0.3) is 11.0 Å². The van der Waals surface area contributed by atoms with Gasteiger partial charge in [-0.15, -0.1) is 12.3 Å². The Morgan fingerprint density at radius 1 is 1.07 bits per heavy atom. The van der Waals surface area contributed by atoms with Crippen molar-refractivity contribution in [3.63, 3.8) is 0 Å². The average Bonchev–Trinajstić information content (AvgIpc) is 3.65. The van der Waals surface area contributed by atoms with Gasteiger partial charge in [-0.3, -0.25) is 9.58 Å². The summed E-state index contributed by atoms with van der Waals surface area (Å²) in [5.74, 6) is 4.37. The Hall–Kier alpha value is -4.35. The average molecular weight is 586 g/mol. The first kappa shape index (κ1) is 36.7. The van der Waals surface area contributed by atoms with E-state index in [0.717, 1.165) is 46.1 Å². The zero-order chi connectivity index (χ0) is 32.2. The van der Waals surface area contributed by atoms with Gasteiger partial charge in [-0.2, -0.15) is 15.1 Å². The van der Waals surface area contributed by atoms with E-state index in [4.69, 9.17) is 9.72 Å². The molecule has 0 radical (unpaired) electrons. The second-order valence-electron chi connectivity index (χ2n) is 10.2. The molecule has 8 nitrogen and oxygen atoms in total. The van der Waals surface area contributed by atoms with Crippen molar-refractivity contribution in [3.8, 4) is 18.1 Å². The SMILES string of the molecule is C#CC.C/C=C\C.C=CC(=C)C.CC(C)=C(C)Nc1nc(Nc2ccc(OCCN3CCCC3)cc2)nc2c1cnn2C. The van der Waals surface area contributed by atoms with Crippen LogP contribution in [0.15, 0.2) is 78.7 Å². The van der Waals surface area contributed by atoms with E-state index < -0.39 is 0 Å². The van der Waals surface area contributed by atoms with Gasteiger partial charge in [0.25, 0.3) is 0 Å². The largest absolute Gasteiger partial charge is 0.492 e. The summed E-state index contributed by atoms with van der Waals surface area (Å²) in [5.41, 5.74) is 4.95. The monoisotopic (exact) mass is 585 g/mol. The van der Waals surface area contributed by atoms with Crippen LogP contribution < -0.4 is 15.4 Å². The van der Waals surface area contributed by atoms with Gasteiger partial charge in [0.1, 0.15) is 18.2 Å². The van der Waals surface area contributed by atoms with Crippen molar-refractivity contribution in [1.82, 2.24) is 24.6 Å². The molecule has 4 rings (SSSR count). The van der Waals surface area contributed by atoms with Gasteiger partial charge in [0.15, 0.2) is 5.65 Å². The molecule has 1 saturated heterocycles. The summed E-state index contributed by atoms with van der Waals surface area (Å²) in [4.78, 5) is 11.8. The number of fused-ring (bicyclic) bond motifs is 1. The summed E-state index contributed by atoms with van der Waals surface area (Å²) in [6.45, 7) is 24.8. The maximum atomic E-state index is 5.89. The minimum absolute atomic E-state index is 0.517. The van der Waals surface area contributed by atoms with E-state index in [0.29, 0.717) is 12.6 Å². The number of hydrogen-bond acceptors (Lipinski definition) is 7. The van der Waals surface area contributed by atoms with Crippen LogP contribution in [0.3, 0.4) is 0 Å². The molecule has 2 N–H and O–H groups in total. The van der Waals surface area contributed by atoms with Crippen molar-refractivity contribution in [3.05, 3.63) is 78.7 Å². The van der Waals surface area contributed by atoms with Crippen LogP contribution in [0.4, 0.5) is 17.5 Å². The second-order valence-corrected chi connectivity index (χ2v) is 10.2. The topological polar surface area (TPSA) is 80.1 Å². The number of allylic oxidation sites excluding steroid dienone is 6. The Balaban J connectivity index is 0.000000659. The van der Waals surface area contributed by atoms with Crippen molar-refractivity contribution in [1.29, 1.82) is 0 Å². The number of rotatable bonds is 9. The Kier molecular flexibility index (Phi) is 17.5. The van der Waals surface area contributed by atoms with E-state index in [2.05, 4.69) is 65.0 Å². The number of hydrogen-bond donors (Lipinski definition) is 2. The number of terminal acetylenes is 1. The summed E-state index contributed by atoms with van der Waals surface area (Å²) in [5, 5.41) is 11.9. The smallest absolute Gasteiger partial charge is 0.231 e. The van der Waals surface area contributed by atoms with Gasteiger partial charge in [-0.25, -0.2) is 0 Å². The zero-order valence-electron chi connectivity index (χ0n) is 27.5. The Morgan fingerprint density at radius 3 is 2.16 bits per heavy atom. The van der Waals surface area contributed by atoms with Gasteiger partial charge in [-0.05, 0) is 98.7 Å². The number of benzene rings is 1. The van der Waals surface area contributed by atoms with Crippen molar-refractivity contribution in [2.24, 2.45) is 7.05 Å². The van der Waals surface area contributed by atoms with Gasteiger partial charge in [0, 0.05) is 25.0 Å². The standard InChI is InChI=1S/C23H31N7O.C5H8.C4H8.C3H4/c1-16(2)17(3)25-21-20-15-24-29(4)22(20)28-23(27-21)26-18-7-9-19(10-8-18)31-14-13-30-11-5-6-12-30;1-4-5(2)3;1-3-4-2;1-3-2/h7-10,15H,5-6,11-14H2,1-4H3,(H2,25,26,27,28);4H,1-2H2,3H3;3-4H,1-2H3;1H,2H3/b;;4-3-;. The molecule has 1 fully saturated rings. The molecule has 3 heterocycles. The van der Waals surface area contributed by atoms with Crippen molar-refractivity contribution >= 4 is 28.5 Å². The first-order valence-electron chi connectivity index (χ1n) is 14.7. The molecule has 0 aliphatic carbocycles. The highest BCUT2D eigenvalue weighted by Crippen LogP contribution is 2.25. The maximum absolute atomic E-state index is 5.89. The van der Waals surface area contributed by atoms with E-state index in [1.165, 1.54) is 31.5 Å². The number of likely N-dealkylation sites (tertiary alicyclic amines) is 1. The lowest BCUT2D eigenvalue weighted by molar-refractivity contribution is 0.238. The molecule has 0 spiro atoms. The zero-order valence-corrected chi connectivity index (χ0v) is 27.5. The van der Waals surface area contributed by atoms with Crippen LogP contribution in [-0.2, 0) is 7.05 Å². The molecular formula is C35H51N7O. The summed E-state index contributed by atoms with van der Waals surface area (Å²) in [6, 6.07) is 7.91. The first-order chi connectivity index (χ1) is 20.6. The molecule has 1 aliphatic heterocycles. The lowest BCUT2D eigenvalue weighted by Gasteiger charge is -2.15. The molecule has 0 saturated carbocycles. The molecule has 0 bridgehead atoms. The quantitative estimate of drug-likeness (QED) is 0.149. The third-order valence-corrected chi connectivity index (χ3v) is 6.32. The molecule has 3 aromatic rings. The third kappa shape index (κ3) is 13.9. The summed E-state index contributed by atoms with van der Waals surface area (Å²) >= 11 is 0. The van der Waals surface area contributed by atoms with E-state index in [9.17, 15) is 0 Å². The predicted octanol–water partition coefficient (Wildman–Crippen LogP) is 8.28. The molecule has 1 aromatic carbocycles. The van der Waals surface area contributed by atoms with Gasteiger partial charge in [0.05, 0.1) is 11.6 Å². The molecule has 2 aromatic heterocycles. The van der Waals surface area contributed by atoms with Gasteiger partial charge in [-0.1, -0.05) is 42.5 Å². The molecular weight excluding hydrogens is 534 g/mol. The fraction of sp³-hybridized carbons (Fsp3) is 0.400. The highest BCUT2D eigenvalue weighted by molar-refractivity contribution is 5.88. The van der Waals surface area contributed by atoms with Crippen LogP contribution in [0, 0.1) is 12.3 Å². The first-order valence-corrected chi connectivity index (χ1v) is 14.7. The number of anilines is 3. The molecule has 8 heteroatoms. The minimum Gasteiger partial charge on any atom is -0.492 e. The molecule has 0 unspecified atom stereocenters. The summed E-state index contributed by atoms with van der Waals surface area (Å²) < 4.78 is 7.65. The fourth-order valence-electron chi connectivity index (χ4n) is 3.54. The molecule has 0 atom stereocenters. The third-order valence-electron chi connectivity index (χ3n) is 6.32. The van der Waals surface area contributed by atoms with Crippen LogP contribution in [-0.4, -0.2) is 50.9 Å². The van der Waals surface area contributed by atoms with Crippen molar-refractivity contribution in [2.75, 3.05) is 36.9 Å². The van der Waals surface area contributed by atoms with E-state index in [1.54, 1.807) is 23.9 Å². The maximum Gasteiger partial charge on any atom is 0.231 e. The van der Waals surface area contributed by atoms with Crippen molar-refractivity contribution < 1.29 is 4.74 Å². The fourth-order valence-corrected chi connectivity index (χ4v) is 3.54. The number of nitrogens with zero attached hydrogens (tertiary/aromatic N) is 5. The molecule has 232 valence electrons.